The van der Waals surface area contributed by atoms with Gasteiger partial charge in [0.25, 0.3) is 0 Å². The van der Waals surface area contributed by atoms with Crippen molar-refractivity contribution in [1.82, 2.24) is 0 Å². The highest BCUT2D eigenvalue weighted by atomic mass is 28.4. The van der Waals surface area contributed by atoms with Crippen molar-refractivity contribution >= 4 is 20.1 Å². The van der Waals surface area contributed by atoms with Crippen LogP contribution in [-0.4, -0.2) is 32.3 Å². The summed E-state index contributed by atoms with van der Waals surface area (Å²) in [6.45, 7) is 23.8. The van der Waals surface area contributed by atoms with E-state index in [1.54, 1.807) is 0 Å². The van der Waals surface area contributed by atoms with Gasteiger partial charge in [-0.2, -0.15) is 0 Å². The minimum Gasteiger partial charge on any atom is -0.461 e. The Morgan fingerprint density at radius 1 is 1.11 bits per heavy atom. The van der Waals surface area contributed by atoms with Crippen LogP contribution in [0.2, 0.25) is 18.1 Å². The summed E-state index contributed by atoms with van der Waals surface area (Å²) >= 11 is 0. The Morgan fingerprint density at radius 2 is 1.75 bits per heavy atom. The van der Waals surface area contributed by atoms with Crippen LogP contribution < -0.4 is 0 Å². The lowest BCUT2D eigenvalue weighted by Crippen LogP contribution is -2.44. The molecule has 0 heterocycles. The molecule has 0 unspecified atom stereocenters. The topological polar surface area (TPSA) is 52.6 Å². The van der Waals surface area contributed by atoms with Gasteiger partial charge < -0.3 is 9.16 Å². The zero-order chi connectivity index (χ0) is 27.5. The van der Waals surface area contributed by atoms with Gasteiger partial charge in [-0.25, -0.2) is 0 Å². The van der Waals surface area contributed by atoms with E-state index in [1.165, 1.54) is 5.57 Å². The predicted octanol–water partition coefficient (Wildman–Crippen LogP) is 8.28. The van der Waals surface area contributed by atoms with Gasteiger partial charge in [-0.05, 0) is 81.0 Å². The molecule has 0 amide bonds. The Labute approximate surface area is 222 Å². The lowest BCUT2D eigenvalue weighted by molar-refractivity contribution is -0.164. The highest BCUT2D eigenvalue weighted by Crippen LogP contribution is 2.45. The summed E-state index contributed by atoms with van der Waals surface area (Å²) in [5.74, 6) is 1.36. The molecule has 0 saturated carbocycles. The Kier molecular flexibility index (Phi) is 10.4. The summed E-state index contributed by atoms with van der Waals surface area (Å²) in [6.07, 6.45) is 11.1. The molecule has 0 aromatic heterocycles. The molecule has 2 rings (SSSR count). The van der Waals surface area contributed by atoms with E-state index in [9.17, 15) is 9.59 Å². The SMILES string of the molecule is CC[C@H](CC(=O)CC[C@@H]1[C@@H]2C(=C[C@H](C)C[C@@H]2OC(=O)C(C)(C)CC)C=C[C@@H]1C)O[Si](C)(C)C(C)(C)C. The molecule has 0 aromatic rings. The van der Waals surface area contributed by atoms with Crippen molar-refractivity contribution in [3.05, 3.63) is 23.8 Å². The number of carbonyl (C=O) groups excluding carboxylic acids is 2. The van der Waals surface area contributed by atoms with Gasteiger partial charge in [0.05, 0.1) is 11.5 Å². The second kappa shape index (κ2) is 12.1. The van der Waals surface area contributed by atoms with Crippen molar-refractivity contribution in [3.63, 3.8) is 0 Å². The standard InChI is InChI=1S/C31H54O4Si/c1-12-25(35-36(10,11)30(5,6)7)20-24(32)16-17-26-22(4)14-15-23-18-21(3)19-27(28(23)26)34-29(33)31(8,9)13-2/h14-15,18,21-22,25-28H,12-13,16-17,19-20H2,1-11H3/t21-,22-,25+,26-,27-,28-/m0/s1. The van der Waals surface area contributed by atoms with Gasteiger partial charge in [0, 0.05) is 18.8 Å². The van der Waals surface area contributed by atoms with Crippen LogP contribution >= 0.6 is 0 Å². The molecule has 0 aliphatic heterocycles. The molecule has 0 aromatic carbocycles. The third-order valence-corrected chi connectivity index (χ3v) is 13.8. The highest BCUT2D eigenvalue weighted by molar-refractivity contribution is 6.74. The van der Waals surface area contributed by atoms with Crippen molar-refractivity contribution in [2.45, 2.75) is 131 Å². The number of hydrogen-bond acceptors (Lipinski definition) is 4. The third-order valence-electron chi connectivity index (χ3n) is 9.22. The molecule has 36 heavy (non-hydrogen) atoms. The fourth-order valence-electron chi connectivity index (χ4n) is 5.21. The van der Waals surface area contributed by atoms with Gasteiger partial charge in [0.2, 0.25) is 0 Å². The van der Waals surface area contributed by atoms with Crippen molar-refractivity contribution < 1.29 is 18.8 Å². The monoisotopic (exact) mass is 518 g/mol. The highest BCUT2D eigenvalue weighted by Gasteiger charge is 2.43. The first kappa shape index (κ1) is 31.0. The van der Waals surface area contributed by atoms with Crippen LogP contribution in [-0.2, 0) is 18.8 Å². The van der Waals surface area contributed by atoms with Crippen LogP contribution in [0.3, 0.4) is 0 Å². The Morgan fingerprint density at radius 3 is 2.31 bits per heavy atom. The minimum atomic E-state index is -1.91. The van der Waals surface area contributed by atoms with Crippen LogP contribution in [0.5, 0.6) is 0 Å². The molecule has 4 nitrogen and oxygen atoms in total. The number of ketones is 1. The zero-order valence-electron chi connectivity index (χ0n) is 25.1. The smallest absolute Gasteiger partial charge is 0.311 e. The molecule has 206 valence electrons. The number of allylic oxidation sites excluding steroid dienone is 3. The number of Topliss-reactive ketones (excluding diaryl/α,β-unsaturated/α-hetero) is 1. The maximum atomic E-state index is 13.2. The van der Waals surface area contributed by atoms with Crippen LogP contribution in [0.25, 0.3) is 0 Å². The average Bonchev–Trinajstić information content (AvgIpc) is 2.76. The third kappa shape index (κ3) is 7.66. The molecule has 5 heteroatoms. The van der Waals surface area contributed by atoms with Crippen molar-refractivity contribution in [3.8, 4) is 0 Å². The summed E-state index contributed by atoms with van der Waals surface area (Å²) in [6, 6.07) is 0. The van der Waals surface area contributed by atoms with Gasteiger partial charge in [-0.1, -0.05) is 66.7 Å². The first-order chi connectivity index (χ1) is 16.5. The number of hydrogen-bond donors (Lipinski definition) is 0. The summed E-state index contributed by atoms with van der Waals surface area (Å²) in [4.78, 5) is 26.2. The molecule has 0 spiro atoms. The molecule has 0 radical (unpaired) electrons. The van der Waals surface area contributed by atoms with E-state index < -0.39 is 13.7 Å². The normalized spacial score (nSPS) is 27.8. The molecule has 0 bridgehead atoms. The molecule has 2 aliphatic rings. The Bertz CT molecular complexity index is 832. The van der Waals surface area contributed by atoms with E-state index in [1.807, 2.05) is 20.8 Å². The second-order valence-corrected chi connectivity index (χ2v) is 18.4. The Balaban J connectivity index is 2.12. The number of rotatable bonds is 11. The predicted molar refractivity (Wildman–Crippen MR) is 152 cm³/mol. The van der Waals surface area contributed by atoms with E-state index in [0.29, 0.717) is 30.6 Å². The van der Waals surface area contributed by atoms with Gasteiger partial charge in [-0.15, -0.1) is 0 Å². The van der Waals surface area contributed by atoms with Gasteiger partial charge in [0.15, 0.2) is 8.32 Å². The molecule has 2 aliphatic carbocycles. The van der Waals surface area contributed by atoms with Crippen LogP contribution in [0.4, 0.5) is 0 Å². The summed E-state index contributed by atoms with van der Waals surface area (Å²) in [5.41, 5.74) is 0.801. The summed E-state index contributed by atoms with van der Waals surface area (Å²) in [5, 5.41) is 0.132. The molecule has 0 saturated heterocycles. The van der Waals surface area contributed by atoms with E-state index in [-0.39, 0.29) is 34.9 Å². The fourth-order valence-corrected chi connectivity index (χ4v) is 6.65. The maximum Gasteiger partial charge on any atom is 0.311 e. The maximum absolute atomic E-state index is 13.2. The van der Waals surface area contributed by atoms with Crippen molar-refractivity contribution in [1.29, 1.82) is 0 Å². The summed E-state index contributed by atoms with van der Waals surface area (Å²) in [7, 11) is -1.91. The second-order valence-electron chi connectivity index (χ2n) is 13.7. The van der Waals surface area contributed by atoms with E-state index in [0.717, 1.165) is 25.7 Å². The van der Waals surface area contributed by atoms with Gasteiger partial charge in [-0.3, -0.25) is 9.59 Å². The van der Waals surface area contributed by atoms with Crippen molar-refractivity contribution in [2.75, 3.05) is 0 Å². The van der Waals surface area contributed by atoms with E-state index >= 15 is 0 Å². The number of fused-ring (bicyclic) bond motifs is 1. The number of ether oxygens (including phenoxy) is 1. The number of esters is 1. The molecule has 0 fully saturated rings. The van der Waals surface area contributed by atoms with Crippen LogP contribution in [0.15, 0.2) is 23.8 Å². The van der Waals surface area contributed by atoms with E-state index in [4.69, 9.17) is 9.16 Å². The fraction of sp³-hybridized carbons (Fsp3) is 0.806. The Hall–Kier alpha value is -1.20. The van der Waals surface area contributed by atoms with Gasteiger partial charge in [0.1, 0.15) is 11.9 Å². The summed E-state index contributed by atoms with van der Waals surface area (Å²) < 4.78 is 12.8. The molecule has 0 N–H and O–H groups in total. The molecular weight excluding hydrogens is 464 g/mol. The first-order valence-corrected chi connectivity index (χ1v) is 17.2. The molecule has 6 atom stereocenters. The quantitative estimate of drug-likeness (QED) is 0.204. The average molecular weight is 519 g/mol. The lowest BCUT2D eigenvalue weighted by atomic mass is 9.65. The van der Waals surface area contributed by atoms with Crippen LogP contribution in [0.1, 0.15) is 101 Å². The van der Waals surface area contributed by atoms with Crippen LogP contribution in [0, 0.1) is 29.1 Å². The van der Waals surface area contributed by atoms with E-state index in [2.05, 4.69) is 72.9 Å². The lowest BCUT2D eigenvalue weighted by Gasteiger charge is -2.43. The number of carbonyl (C=O) groups is 2. The minimum absolute atomic E-state index is 0.00182. The molecular formula is C31H54O4Si. The first-order valence-electron chi connectivity index (χ1n) is 14.3. The zero-order valence-corrected chi connectivity index (χ0v) is 26.1. The van der Waals surface area contributed by atoms with Gasteiger partial charge >= 0.3 is 5.97 Å². The van der Waals surface area contributed by atoms with Crippen molar-refractivity contribution in [2.24, 2.45) is 29.1 Å². The largest absolute Gasteiger partial charge is 0.461 e.